The summed E-state index contributed by atoms with van der Waals surface area (Å²) in [4.78, 5) is 11.2. The fourth-order valence-electron chi connectivity index (χ4n) is 2.39. The first-order chi connectivity index (χ1) is 10.2. The molecule has 0 saturated carbocycles. The highest BCUT2D eigenvalue weighted by Gasteiger charge is 2.54. The molecule has 0 spiro atoms. The van der Waals surface area contributed by atoms with Crippen LogP contribution in [0.15, 0.2) is 30.3 Å². The lowest BCUT2D eigenvalue weighted by Gasteiger charge is -2.32. The van der Waals surface area contributed by atoms with Crippen molar-refractivity contribution >= 4 is 13.2 Å². The van der Waals surface area contributed by atoms with E-state index in [1.807, 2.05) is 58.0 Å². The number of carbonyl (C=O) groups is 1. The first-order valence-electron chi connectivity index (χ1n) is 7.57. The minimum absolute atomic E-state index is 0.469. The molecule has 0 radical (unpaired) electrons. The SMILES string of the molecule is CC1(C)OB([C@@H](CCc2ccccc2)OC(N)=O)OC1(C)C. The van der Waals surface area contributed by atoms with Crippen LogP contribution in [0.1, 0.15) is 39.7 Å². The van der Waals surface area contributed by atoms with E-state index in [0.717, 1.165) is 12.0 Å². The van der Waals surface area contributed by atoms with Gasteiger partial charge in [-0.25, -0.2) is 4.79 Å². The smallest absolute Gasteiger partial charge is 0.449 e. The lowest BCUT2D eigenvalue weighted by Crippen LogP contribution is -2.41. The quantitative estimate of drug-likeness (QED) is 0.849. The van der Waals surface area contributed by atoms with Crippen LogP contribution in [0.25, 0.3) is 0 Å². The molecule has 1 aliphatic rings. The predicted molar refractivity (Wildman–Crippen MR) is 85.3 cm³/mol. The van der Waals surface area contributed by atoms with Gasteiger partial charge in [0.2, 0.25) is 0 Å². The van der Waals surface area contributed by atoms with Crippen LogP contribution in [0.5, 0.6) is 0 Å². The molecule has 1 aromatic rings. The molecule has 0 aromatic heterocycles. The van der Waals surface area contributed by atoms with Crippen molar-refractivity contribution in [3.63, 3.8) is 0 Å². The molecule has 5 nitrogen and oxygen atoms in total. The maximum absolute atomic E-state index is 11.2. The Labute approximate surface area is 132 Å². The molecule has 0 aliphatic carbocycles. The number of nitrogens with two attached hydrogens (primary N) is 1. The molecule has 1 saturated heterocycles. The summed E-state index contributed by atoms with van der Waals surface area (Å²) >= 11 is 0. The zero-order chi connectivity index (χ0) is 16.4. The maximum atomic E-state index is 11.2. The Bertz CT molecular complexity index is 502. The number of primary amides is 1. The molecule has 6 heteroatoms. The molecule has 1 atom stereocenters. The molecule has 2 N–H and O–H groups in total. The van der Waals surface area contributed by atoms with E-state index in [0.29, 0.717) is 6.42 Å². The fourth-order valence-corrected chi connectivity index (χ4v) is 2.39. The summed E-state index contributed by atoms with van der Waals surface area (Å²) in [5.74, 6) is 0. The summed E-state index contributed by atoms with van der Waals surface area (Å²) in [6, 6.07) is 9.47. The van der Waals surface area contributed by atoms with Crippen molar-refractivity contribution in [3.05, 3.63) is 35.9 Å². The summed E-state index contributed by atoms with van der Waals surface area (Å²) in [6.07, 6.45) is 0.528. The van der Waals surface area contributed by atoms with Crippen LogP contribution in [0.2, 0.25) is 0 Å². The average Bonchev–Trinajstić information content (AvgIpc) is 2.64. The monoisotopic (exact) mass is 305 g/mol. The zero-order valence-electron chi connectivity index (χ0n) is 13.7. The van der Waals surface area contributed by atoms with Gasteiger partial charge >= 0.3 is 13.2 Å². The number of hydrogen-bond acceptors (Lipinski definition) is 4. The average molecular weight is 305 g/mol. The molecule has 1 fully saturated rings. The van der Waals surface area contributed by atoms with Crippen molar-refractivity contribution in [2.45, 2.75) is 57.7 Å². The number of rotatable bonds is 5. The van der Waals surface area contributed by atoms with Crippen molar-refractivity contribution in [3.8, 4) is 0 Å². The summed E-state index contributed by atoms with van der Waals surface area (Å²) in [7, 11) is -0.610. The summed E-state index contributed by atoms with van der Waals surface area (Å²) < 4.78 is 17.2. The largest absolute Gasteiger partial charge is 0.501 e. The number of ether oxygens (including phenoxy) is 1. The third-order valence-electron chi connectivity index (χ3n) is 4.40. The lowest BCUT2D eigenvalue weighted by atomic mass is 9.77. The Balaban J connectivity index is 2.05. The minimum Gasteiger partial charge on any atom is -0.449 e. The molecule has 0 bridgehead atoms. The number of benzene rings is 1. The Hall–Kier alpha value is -1.53. The molecule has 22 heavy (non-hydrogen) atoms. The van der Waals surface area contributed by atoms with Gasteiger partial charge in [-0.2, -0.15) is 0 Å². The Kier molecular flexibility index (Phi) is 4.82. The molecule has 1 amide bonds. The van der Waals surface area contributed by atoms with E-state index in [-0.39, 0.29) is 0 Å². The number of carbonyl (C=O) groups excluding carboxylic acids is 1. The standard InChI is InChI=1S/C16H24BNO4/c1-15(2)16(3,4)22-17(21-15)13(20-14(18)19)11-10-12-8-6-5-7-9-12/h5-9,13H,10-11H2,1-4H3,(H2,18,19)/t13-/m1/s1. The number of amides is 1. The van der Waals surface area contributed by atoms with Gasteiger partial charge in [0.05, 0.1) is 11.2 Å². The third-order valence-corrected chi connectivity index (χ3v) is 4.40. The lowest BCUT2D eigenvalue weighted by molar-refractivity contribution is 0.00578. The second-order valence-electron chi connectivity index (χ2n) is 6.62. The maximum Gasteiger partial charge on any atom is 0.501 e. The number of hydrogen-bond donors (Lipinski definition) is 1. The topological polar surface area (TPSA) is 70.8 Å². The summed E-state index contributed by atoms with van der Waals surface area (Å²) in [5, 5.41) is 0. The van der Waals surface area contributed by atoms with Crippen molar-refractivity contribution in [1.82, 2.24) is 0 Å². The van der Waals surface area contributed by atoms with E-state index in [2.05, 4.69) is 0 Å². The van der Waals surface area contributed by atoms with Gasteiger partial charge in [-0.1, -0.05) is 30.3 Å². The first-order valence-corrected chi connectivity index (χ1v) is 7.57. The van der Waals surface area contributed by atoms with E-state index < -0.39 is 30.4 Å². The van der Waals surface area contributed by atoms with Crippen LogP contribution in [0, 0.1) is 0 Å². The highest BCUT2D eigenvalue weighted by Crippen LogP contribution is 2.38. The highest BCUT2D eigenvalue weighted by atomic mass is 16.7. The Morgan fingerprint density at radius 1 is 1.18 bits per heavy atom. The molecular weight excluding hydrogens is 281 g/mol. The van der Waals surface area contributed by atoms with Crippen LogP contribution >= 0.6 is 0 Å². The van der Waals surface area contributed by atoms with Crippen LogP contribution in [-0.4, -0.2) is 30.4 Å². The third kappa shape index (κ3) is 3.81. The van der Waals surface area contributed by atoms with Crippen LogP contribution in [0.3, 0.4) is 0 Å². The second kappa shape index (κ2) is 6.30. The van der Waals surface area contributed by atoms with Crippen LogP contribution < -0.4 is 5.73 Å². The molecular formula is C16H24BNO4. The van der Waals surface area contributed by atoms with E-state index in [1.54, 1.807) is 0 Å². The Morgan fingerprint density at radius 3 is 2.23 bits per heavy atom. The van der Waals surface area contributed by atoms with E-state index >= 15 is 0 Å². The molecule has 2 rings (SSSR count). The summed E-state index contributed by atoms with van der Waals surface area (Å²) in [6.45, 7) is 7.86. The van der Waals surface area contributed by atoms with Gasteiger partial charge in [-0.15, -0.1) is 0 Å². The van der Waals surface area contributed by atoms with Crippen molar-refractivity contribution in [2.24, 2.45) is 5.73 Å². The first kappa shape index (κ1) is 16.8. The van der Waals surface area contributed by atoms with Gasteiger partial charge in [0, 0.05) is 0 Å². The van der Waals surface area contributed by atoms with Crippen LogP contribution in [0.4, 0.5) is 4.79 Å². The van der Waals surface area contributed by atoms with Gasteiger partial charge in [0.1, 0.15) is 6.00 Å². The molecule has 1 aromatic carbocycles. The molecule has 120 valence electrons. The van der Waals surface area contributed by atoms with Crippen molar-refractivity contribution in [2.75, 3.05) is 0 Å². The predicted octanol–water partition coefficient (Wildman–Crippen LogP) is 2.71. The van der Waals surface area contributed by atoms with E-state index in [1.165, 1.54) is 0 Å². The van der Waals surface area contributed by atoms with Gasteiger partial charge in [-0.05, 0) is 46.1 Å². The fraction of sp³-hybridized carbons (Fsp3) is 0.562. The van der Waals surface area contributed by atoms with Gasteiger partial charge in [0.25, 0.3) is 0 Å². The molecule has 1 aliphatic heterocycles. The Morgan fingerprint density at radius 2 is 1.73 bits per heavy atom. The molecule has 0 unspecified atom stereocenters. The van der Waals surface area contributed by atoms with E-state index in [4.69, 9.17) is 19.8 Å². The van der Waals surface area contributed by atoms with Crippen molar-refractivity contribution in [1.29, 1.82) is 0 Å². The zero-order valence-corrected chi connectivity index (χ0v) is 13.7. The molecule has 1 heterocycles. The second-order valence-corrected chi connectivity index (χ2v) is 6.62. The van der Waals surface area contributed by atoms with E-state index in [9.17, 15) is 4.79 Å². The summed E-state index contributed by atoms with van der Waals surface area (Å²) in [5.41, 5.74) is 5.42. The van der Waals surface area contributed by atoms with Gasteiger partial charge < -0.3 is 19.8 Å². The van der Waals surface area contributed by atoms with Gasteiger partial charge in [0.15, 0.2) is 0 Å². The highest BCUT2D eigenvalue weighted by molar-refractivity contribution is 6.47. The number of aryl methyl sites for hydroxylation is 1. The minimum atomic E-state index is -0.812. The van der Waals surface area contributed by atoms with Crippen molar-refractivity contribution < 1.29 is 18.8 Å². The normalized spacial score (nSPS) is 20.6. The van der Waals surface area contributed by atoms with Gasteiger partial charge in [-0.3, -0.25) is 0 Å². The van der Waals surface area contributed by atoms with Crippen LogP contribution in [-0.2, 0) is 20.5 Å².